The van der Waals surface area contributed by atoms with E-state index < -0.39 is 9.84 Å². The molecule has 4 N–H and O–H groups in total. The highest BCUT2D eigenvalue weighted by Crippen LogP contribution is 2.42. The SMILES string of the molecule is N=C(N)C1CCC2CC(C(=O)NC3CCC(N4CCCC4)CC3)N(CCS(=O)(=O)C3CCCCC3)C2C1. The number of carbonyl (C=O) groups is 1. The number of sulfone groups is 1. The minimum absolute atomic E-state index is 0.0429. The lowest BCUT2D eigenvalue weighted by Crippen LogP contribution is -2.52. The van der Waals surface area contributed by atoms with E-state index in [0.717, 1.165) is 83.5 Å². The van der Waals surface area contributed by atoms with Crippen LogP contribution in [0.4, 0.5) is 0 Å². The molecule has 2 heterocycles. The molecule has 5 rings (SSSR count). The van der Waals surface area contributed by atoms with Crippen LogP contribution in [0, 0.1) is 17.2 Å². The largest absolute Gasteiger partial charge is 0.387 e. The van der Waals surface area contributed by atoms with Crippen molar-refractivity contribution in [3.8, 4) is 0 Å². The van der Waals surface area contributed by atoms with Gasteiger partial charge in [0, 0.05) is 30.6 Å². The van der Waals surface area contributed by atoms with E-state index >= 15 is 0 Å². The summed E-state index contributed by atoms with van der Waals surface area (Å²) >= 11 is 0. The lowest BCUT2D eigenvalue weighted by atomic mass is 9.78. The number of rotatable bonds is 8. The summed E-state index contributed by atoms with van der Waals surface area (Å²) in [5, 5.41) is 11.2. The van der Waals surface area contributed by atoms with E-state index in [0.29, 0.717) is 18.5 Å². The van der Waals surface area contributed by atoms with Crippen molar-refractivity contribution in [2.45, 2.75) is 126 Å². The van der Waals surface area contributed by atoms with Crippen LogP contribution in [0.5, 0.6) is 0 Å². The van der Waals surface area contributed by atoms with Crippen LogP contribution in [0.2, 0.25) is 0 Å². The Morgan fingerprint density at radius 2 is 1.59 bits per heavy atom. The maximum atomic E-state index is 13.7. The van der Waals surface area contributed by atoms with Crippen molar-refractivity contribution in [2.24, 2.45) is 17.6 Å². The predicted octanol–water partition coefficient (Wildman–Crippen LogP) is 3.05. The average molecular weight is 536 g/mol. The molecule has 0 aromatic heterocycles. The van der Waals surface area contributed by atoms with Gasteiger partial charge < -0.3 is 16.0 Å². The summed E-state index contributed by atoms with van der Waals surface area (Å²) in [4.78, 5) is 18.5. The Bertz CT molecular complexity index is 907. The number of carbonyl (C=O) groups excluding carboxylic acids is 1. The fourth-order valence-electron chi connectivity index (χ4n) is 8.22. The minimum atomic E-state index is -3.17. The topological polar surface area (TPSA) is 120 Å². The Labute approximate surface area is 223 Å². The highest BCUT2D eigenvalue weighted by atomic mass is 32.2. The zero-order valence-electron chi connectivity index (χ0n) is 22.6. The van der Waals surface area contributed by atoms with Gasteiger partial charge in [-0.1, -0.05) is 19.3 Å². The van der Waals surface area contributed by atoms with E-state index in [1.54, 1.807) is 0 Å². The summed E-state index contributed by atoms with van der Waals surface area (Å²) < 4.78 is 26.4. The fourth-order valence-corrected chi connectivity index (χ4v) is 10.1. The number of amidine groups is 1. The molecule has 4 atom stereocenters. The van der Waals surface area contributed by atoms with Crippen molar-refractivity contribution >= 4 is 21.6 Å². The molecule has 3 saturated carbocycles. The normalized spacial score (nSPS) is 36.3. The van der Waals surface area contributed by atoms with E-state index in [9.17, 15) is 13.2 Å². The molecule has 210 valence electrons. The van der Waals surface area contributed by atoms with Crippen LogP contribution in [0.25, 0.3) is 0 Å². The van der Waals surface area contributed by atoms with Gasteiger partial charge in [-0.05, 0) is 96.1 Å². The second-order valence-electron chi connectivity index (χ2n) is 12.7. The monoisotopic (exact) mass is 535 g/mol. The molecule has 37 heavy (non-hydrogen) atoms. The van der Waals surface area contributed by atoms with Crippen LogP contribution in [0.1, 0.15) is 96.3 Å². The molecule has 3 aliphatic carbocycles. The predicted molar refractivity (Wildman–Crippen MR) is 147 cm³/mol. The summed E-state index contributed by atoms with van der Waals surface area (Å²) in [7, 11) is -3.17. The smallest absolute Gasteiger partial charge is 0.237 e. The quantitative estimate of drug-likeness (QED) is 0.325. The standard InChI is InChI=1S/C28H49N5O3S/c29-27(30)21-9-8-20-18-26(28(34)31-22-10-12-23(13-11-22)32-14-4-5-15-32)33(25(20)19-21)16-17-37(35,36)24-6-2-1-3-7-24/h20-26H,1-19H2,(H3,29,30)(H,31,34). The van der Waals surface area contributed by atoms with E-state index in [2.05, 4.69) is 15.1 Å². The molecule has 0 aromatic carbocycles. The van der Waals surface area contributed by atoms with Crippen LogP contribution < -0.4 is 11.1 Å². The number of hydrogen-bond donors (Lipinski definition) is 3. The van der Waals surface area contributed by atoms with Gasteiger partial charge in [-0.25, -0.2) is 8.42 Å². The molecule has 0 aromatic rings. The van der Waals surface area contributed by atoms with Gasteiger partial charge in [0.05, 0.1) is 22.9 Å². The third-order valence-electron chi connectivity index (χ3n) is 10.4. The van der Waals surface area contributed by atoms with Crippen molar-refractivity contribution in [3.05, 3.63) is 0 Å². The lowest BCUT2D eigenvalue weighted by Gasteiger charge is -2.38. The Kier molecular flexibility index (Phi) is 8.81. The summed E-state index contributed by atoms with van der Waals surface area (Å²) in [6, 6.07) is 0.784. The molecule has 0 bridgehead atoms. The van der Waals surface area contributed by atoms with Crippen LogP contribution in [-0.2, 0) is 14.6 Å². The zero-order chi connectivity index (χ0) is 26.0. The number of fused-ring (bicyclic) bond motifs is 1. The molecular formula is C28H49N5O3S. The molecule has 2 aliphatic heterocycles. The minimum Gasteiger partial charge on any atom is -0.387 e. The molecular weight excluding hydrogens is 486 g/mol. The van der Waals surface area contributed by atoms with Crippen molar-refractivity contribution in [1.82, 2.24) is 15.1 Å². The maximum Gasteiger partial charge on any atom is 0.237 e. The number of likely N-dealkylation sites (tertiary alicyclic amines) is 2. The van der Waals surface area contributed by atoms with Gasteiger partial charge in [-0.2, -0.15) is 0 Å². The van der Waals surface area contributed by atoms with Crippen molar-refractivity contribution in [3.63, 3.8) is 0 Å². The second-order valence-corrected chi connectivity index (χ2v) is 15.1. The van der Waals surface area contributed by atoms with Crippen molar-refractivity contribution in [1.29, 1.82) is 5.41 Å². The van der Waals surface area contributed by atoms with Gasteiger partial charge in [0.15, 0.2) is 9.84 Å². The first-order valence-electron chi connectivity index (χ1n) is 15.2. The average Bonchev–Trinajstić information content (AvgIpc) is 3.56. The van der Waals surface area contributed by atoms with Gasteiger partial charge >= 0.3 is 0 Å². The summed E-state index contributed by atoms with van der Waals surface area (Å²) in [5.41, 5.74) is 5.90. The molecule has 0 radical (unpaired) electrons. The zero-order valence-corrected chi connectivity index (χ0v) is 23.4. The number of amides is 1. The van der Waals surface area contributed by atoms with Crippen molar-refractivity contribution in [2.75, 3.05) is 25.4 Å². The Balaban J connectivity index is 1.22. The third kappa shape index (κ3) is 6.35. The van der Waals surface area contributed by atoms with E-state index in [4.69, 9.17) is 11.1 Å². The van der Waals surface area contributed by atoms with Gasteiger partial charge in [0.1, 0.15) is 0 Å². The summed E-state index contributed by atoms with van der Waals surface area (Å²) in [6.07, 6.45) is 15.2. The molecule has 9 heteroatoms. The summed E-state index contributed by atoms with van der Waals surface area (Å²) in [5.74, 6) is 0.886. The van der Waals surface area contributed by atoms with Crippen LogP contribution in [0.15, 0.2) is 0 Å². The number of nitrogens with one attached hydrogen (secondary N) is 2. The first-order chi connectivity index (χ1) is 17.8. The third-order valence-corrected chi connectivity index (χ3v) is 12.7. The maximum absolute atomic E-state index is 13.7. The van der Waals surface area contributed by atoms with Crippen LogP contribution in [0.3, 0.4) is 0 Å². The molecule has 4 unspecified atom stereocenters. The van der Waals surface area contributed by atoms with Crippen molar-refractivity contribution < 1.29 is 13.2 Å². The van der Waals surface area contributed by atoms with Gasteiger partial charge in [0.2, 0.25) is 5.91 Å². The van der Waals surface area contributed by atoms with Crippen LogP contribution >= 0.6 is 0 Å². The molecule has 8 nitrogen and oxygen atoms in total. The lowest BCUT2D eigenvalue weighted by molar-refractivity contribution is -0.127. The van der Waals surface area contributed by atoms with Gasteiger partial charge in [-0.15, -0.1) is 0 Å². The highest BCUT2D eigenvalue weighted by molar-refractivity contribution is 7.92. The van der Waals surface area contributed by atoms with E-state index in [1.807, 2.05) is 0 Å². The van der Waals surface area contributed by atoms with E-state index in [1.165, 1.54) is 25.9 Å². The Hall–Kier alpha value is -1.19. The van der Waals surface area contributed by atoms with Gasteiger partial charge in [-0.3, -0.25) is 15.1 Å². The Morgan fingerprint density at radius 3 is 2.27 bits per heavy atom. The van der Waals surface area contributed by atoms with Gasteiger partial charge in [0.25, 0.3) is 0 Å². The first kappa shape index (κ1) is 27.4. The Morgan fingerprint density at radius 1 is 0.892 bits per heavy atom. The molecule has 5 fully saturated rings. The van der Waals surface area contributed by atoms with Crippen LogP contribution in [-0.4, -0.2) is 84.8 Å². The number of nitrogens with zero attached hydrogens (tertiary/aromatic N) is 2. The molecule has 0 spiro atoms. The highest BCUT2D eigenvalue weighted by Gasteiger charge is 2.48. The fraction of sp³-hybridized carbons (Fsp3) is 0.929. The first-order valence-corrected chi connectivity index (χ1v) is 16.9. The van der Waals surface area contributed by atoms with E-state index in [-0.39, 0.29) is 46.8 Å². The molecule has 5 aliphatic rings. The molecule has 2 saturated heterocycles. The molecule has 1 amide bonds. The summed E-state index contributed by atoms with van der Waals surface area (Å²) in [6.45, 7) is 2.88. The number of nitrogens with two attached hydrogens (primary N) is 1. The number of hydrogen-bond acceptors (Lipinski definition) is 6. The second kappa shape index (κ2) is 11.9.